The van der Waals surface area contributed by atoms with Gasteiger partial charge in [0.05, 0.1) is 5.69 Å². The third kappa shape index (κ3) is 1.75. The molecule has 1 aliphatic rings. The van der Waals surface area contributed by atoms with E-state index in [0.29, 0.717) is 5.92 Å². The van der Waals surface area contributed by atoms with Gasteiger partial charge in [-0.05, 0) is 43.5 Å². The lowest BCUT2D eigenvalue weighted by Crippen LogP contribution is -2.07. The van der Waals surface area contributed by atoms with Gasteiger partial charge in [-0.2, -0.15) is 0 Å². The van der Waals surface area contributed by atoms with Crippen LogP contribution in [0, 0.1) is 20.8 Å². The van der Waals surface area contributed by atoms with Crippen molar-refractivity contribution in [3.05, 3.63) is 52.6 Å². The fourth-order valence-electron chi connectivity index (χ4n) is 3.28. The number of nitrogens with zero attached hydrogens (tertiary/aromatic N) is 2. The third-order valence-corrected chi connectivity index (χ3v) is 4.53. The van der Waals surface area contributed by atoms with E-state index in [1.54, 1.807) is 6.33 Å². The lowest BCUT2D eigenvalue weighted by atomic mass is 9.94. The smallest absolute Gasteiger partial charge is 0.141 e. The highest BCUT2D eigenvalue weighted by molar-refractivity contribution is 5.85. The van der Waals surface area contributed by atoms with Gasteiger partial charge in [-0.25, -0.2) is 9.97 Å². The van der Waals surface area contributed by atoms with Crippen LogP contribution in [0.2, 0.25) is 0 Å². The first-order valence-corrected chi connectivity index (χ1v) is 7.29. The van der Waals surface area contributed by atoms with Crippen molar-refractivity contribution in [2.75, 3.05) is 11.9 Å². The van der Waals surface area contributed by atoms with E-state index in [0.717, 1.165) is 17.9 Å². The van der Waals surface area contributed by atoms with Gasteiger partial charge in [0.1, 0.15) is 12.0 Å². The number of nitrogens with one attached hydrogen (secondary N) is 2. The molecule has 1 atom stereocenters. The van der Waals surface area contributed by atoms with E-state index in [-0.39, 0.29) is 0 Å². The summed E-state index contributed by atoms with van der Waals surface area (Å²) in [5.41, 5.74) is 8.33. The largest absolute Gasteiger partial charge is 0.384 e. The number of hydrogen-bond acceptors (Lipinski definition) is 3. The average Bonchev–Trinajstić information content (AvgIpc) is 3.00. The molecule has 0 bridgehead atoms. The van der Waals surface area contributed by atoms with Crippen molar-refractivity contribution in [3.8, 4) is 0 Å². The minimum absolute atomic E-state index is 0.292. The molecule has 4 heteroatoms. The predicted octanol–water partition coefficient (Wildman–Crippen LogP) is 3.44. The van der Waals surface area contributed by atoms with E-state index in [1.807, 2.05) is 0 Å². The summed E-state index contributed by atoms with van der Waals surface area (Å²) in [7, 11) is 0. The third-order valence-electron chi connectivity index (χ3n) is 4.53. The molecule has 3 aromatic rings. The van der Waals surface area contributed by atoms with Crippen molar-refractivity contribution in [3.63, 3.8) is 0 Å². The Morgan fingerprint density at radius 3 is 2.86 bits per heavy atom. The number of aryl methyl sites for hydroxylation is 3. The highest BCUT2D eigenvalue weighted by atomic mass is 15.0. The van der Waals surface area contributed by atoms with E-state index in [4.69, 9.17) is 0 Å². The van der Waals surface area contributed by atoms with Crippen LogP contribution in [0.15, 0.2) is 24.5 Å². The number of benzene rings is 1. The topological polar surface area (TPSA) is 53.6 Å². The van der Waals surface area contributed by atoms with Gasteiger partial charge in [-0.1, -0.05) is 12.1 Å². The van der Waals surface area contributed by atoms with E-state index in [2.05, 4.69) is 59.2 Å². The number of H-pyrrole nitrogens is 1. The lowest BCUT2D eigenvalue weighted by Gasteiger charge is -2.11. The lowest BCUT2D eigenvalue weighted by molar-refractivity contribution is 0.864. The number of hydrogen-bond donors (Lipinski definition) is 2. The van der Waals surface area contributed by atoms with Crippen LogP contribution in [-0.4, -0.2) is 21.5 Å². The second kappa shape index (κ2) is 4.32. The van der Waals surface area contributed by atoms with Crippen LogP contribution in [0.4, 0.5) is 5.69 Å². The molecule has 0 aliphatic carbocycles. The first-order chi connectivity index (χ1) is 10.1. The summed E-state index contributed by atoms with van der Waals surface area (Å²) in [5.74, 6) is 0.292. The number of anilines is 1. The number of aromatic amines is 1. The normalized spacial score (nSPS) is 17.0. The molecule has 106 valence electrons. The summed E-state index contributed by atoms with van der Waals surface area (Å²) >= 11 is 0. The molecule has 0 radical (unpaired) electrons. The van der Waals surface area contributed by atoms with Crippen LogP contribution in [0.3, 0.4) is 0 Å². The molecule has 1 aromatic carbocycles. The molecule has 1 aliphatic heterocycles. The van der Waals surface area contributed by atoms with E-state index < -0.39 is 0 Å². The zero-order valence-electron chi connectivity index (χ0n) is 12.5. The molecule has 3 heterocycles. The van der Waals surface area contributed by atoms with Gasteiger partial charge < -0.3 is 10.3 Å². The molecule has 0 saturated carbocycles. The molecule has 1 unspecified atom stereocenters. The fourth-order valence-corrected chi connectivity index (χ4v) is 3.28. The maximum absolute atomic E-state index is 4.61. The summed E-state index contributed by atoms with van der Waals surface area (Å²) in [6, 6.07) is 6.60. The molecule has 0 saturated heterocycles. The van der Waals surface area contributed by atoms with Gasteiger partial charge in [0.15, 0.2) is 0 Å². The predicted molar refractivity (Wildman–Crippen MR) is 84.9 cm³/mol. The molecule has 0 amide bonds. The minimum atomic E-state index is 0.292. The second-order valence-electron chi connectivity index (χ2n) is 5.88. The second-order valence-corrected chi connectivity index (χ2v) is 5.88. The molecular weight excluding hydrogens is 260 g/mol. The summed E-state index contributed by atoms with van der Waals surface area (Å²) in [6.07, 6.45) is 1.67. The van der Waals surface area contributed by atoms with Gasteiger partial charge in [-0.3, -0.25) is 0 Å². The minimum Gasteiger partial charge on any atom is -0.384 e. The monoisotopic (exact) mass is 278 g/mol. The number of aromatic nitrogens is 3. The average molecular weight is 278 g/mol. The van der Waals surface area contributed by atoms with E-state index >= 15 is 0 Å². The molecule has 4 nitrogen and oxygen atoms in total. The Kier molecular flexibility index (Phi) is 2.55. The maximum Gasteiger partial charge on any atom is 0.141 e. The molecule has 2 aromatic heterocycles. The van der Waals surface area contributed by atoms with Crippen LogP contribution in [0.25, 0.3) is 11.0 Å². The van der Waals surface area contributed by atoms with Crippen molar-refractivity contribution < 1.29 is 0 Å². The van der Waals surface area contributed by atoms with Gasteiger partial charge in [0, 0.05) is 29.2 Å². The molecule has 0 spiro atoms. The van der Waals surface area contributed by atoms with Gasteiger partial charge >= 0.3 is 0 Å². The summed E-state index contributed by atoms with van der Waals surface area (Å²) < 4.78 is 0. The first kappa shape index (κ1) is 12.4. The maximum atomic E-state index is 4.61. The Morgan fingerprint density at radius 2 is 2.00 bits per heavy atom. The zero-order chi connectivity index (χ0) is 14.6. The van der Waals surface area contributed by atoms with Crippen molar-refractivity contribution in [2.45, 2.75) is 26.7 Å². The first-order valence-electron chi connectivity index (χ1n) is 7.29. The van der Waals surface area contributed by atoms with Crippen LogP contribution >= 0.6 is 0 Å². The van der Waals surface area contributed by atoms with E-state index in [1.165, 1.54) is 33.5 Å². The van der Waals surface area contributed by atoms with Crippen molar-refractivity contribution in [1.82, 2.24) is 15.0 Å². The number of rotatable bonds is 1. The highest BCUT2D eigenvalue weighted by Crippen LogP contribution is 2.38. The van der Waals surface area contributed by atoms with Crippen LogP contribution in [0.1, 0.15) is 34.0 Å². The molecule has 0 fully saturated rings. The Morgan fingerprint density at radius 1 is 1.14 bits per heavy atom. The summed E-state index contributed by atoms with van der Waals surface area (Å²) in [5, 5.41) is 4.69. The Balaban J connectivity index is 1.93. The zero-order valence-corrected chi connectivity index (χ0v) is 12.5. The molecule has 4 rings (SSSR count). The fraction of sp³-hybridized carbons (Fsp3) is 0.294. The summed E-state index contributed by atoms with van der Waals surface area (Å²) in [4.78, 5) is 12.3. The highest BCUT2D eigenvalue weighted by Gasteiger charge is 2.27. The van der Waals surface area contributed by atoms with Crippen molar-refractivity contribution in [2.24, 2.45) is 0 Å². The van der Waals surface area contributed by atoms with Crippen LogP contribution < -0.4 is 5.32 Å². The van der Waals surface area contributed by atoms with Crippen LogP contribution in [-0.2, 0) is 0 Å². The van der Waals surface area contributed by atoms with Crippen molar-refractivity contribution in [1.29, 1.82) is 0 Å². The quantitative estimate of drug-likeness (QED) is 0.717. The van der Waals surface area contributed by atoms with Crippen molar-refractivity contribution >= 4 is 16.7 Å². The van der Waals surface area contributed by atoms with Gasteiger partial charge in [-0.15, -0.1) is 0 Å². The molecular formula is C17H18N4. The van der Waals surface area contributed by atoms with Gasteiger partial charge in [0.25, 0.3) is 0 Å². The summed E-state index contributed by atoms with van der Waals surface area (Å²) in [6.45, 7) is 7.25. The molecule has 21 heavy (non-hydrogen) atoms. The Hall–Kier alpha value is -2.36. The van der Waals surface area contributed by atoms with Crippen LogP contribution in [0.5, 0.6) is 0 Å². The Labute approximate surface area is 123 Å². The Bertz CT molecular complexity index is 847. The standard InChI is InChI=1S/C17H18N4/c1-9-4-5-12-13(7-18-14(12)6-9)16-15-10(2)11(3)21-17(15)20-8-19-16/h4-6,8,13,18H,7H2,1-3H3,(H,19,20,21). The van der Waals surface area contributed by atoms with Gasteiger partial charge in [0.2, 0.25) is 0 Å². The SMILES string of the molecule is Cc1ccc2c(c1)NCC2c1ncnc2[nH]c(C)c(C)c12. The molecule has 2 N–H and O–H groups in total. The number of fused-ring (bicyclic) bond motifs is 2. The van der Waals surface area contributed by atoms with E-state index in [9.17, 15) is 0 Å².